The number of thioether (sulfide) groups is 1. The Morgan fingerprint density at radius 1 is 1.50 bits per heavy atom. The van der Waals surface area contributed by atoms with Gasteiger partial charge in [0.25, 0.3) is 0 Å². The van der Waals surface area contributed by atoms with Gasteiger partial charge in [-0.1, -0.05) is 41.0 Å². The Bertz CT molecular complexity index is 633. The van der Waals surface area contributed by atoms with Crippen LogP contribution >= 0.6 is 35.0 Å². The van der Waals surface area contributed by atoms with Crippen molar-refractivity contribution in [2.75, 3.05) is 5.75 Å². The summed E-state index contributed by atoms with van der Waals surface area (Å²) in [5.41, 5.74) is 0.869. The van der Waals surface area contributed by atoms with Gasteiger partial charge in [-0.05, 0) is 24.6 Å². The molecule has 1 aromatic carbocycles. The summed E-state index contributed by atoms with van der Waals surface area (Å²) in [6.45, 7) is 1.93. The van der Waals surface area contributed by atoms with Crippen molar-refractivity contribution in [3.8, 4) is 0 Å². The summed E-state index contributed by atoms with van der Waals surface area (Å²) in [5, 5.41) is 18.1. The van der Waals surface area contributed by atoms with Crippen LogP contribution in [0.1, 0.15) is 18.5 Å². The standard InChI is InChI=1S/C12H11Cl2N3O2S/c1-7(9-3-2-8(13)4-10(9)14)17-6-15-16-12(17)20-5-11(18)19/h2-4,6-7H,5H2,1H3,(H,18,19). The van der Waals surface area contributed by atoms with Crippen LogP contribution in [0.4, 0.5) is 0 Å². The smallest absolute Gasteiger partial charge is 0.313 e. The lowest BCUT2D eigenvalue weighted by Gasteiger charge is -2.16. The molecule has 0 aliphatic carbocycles. The zero-order valence-corrected chi connectivity index (χ0v) is 12.8. The van der Waals surface area contributed by atoms with Crippen molar-refractivity contribution >= 4 is 40.9 Å². The molecule has 8 heteroatoms. The number of nitrogens with zero attached hydrogens (tertiary/aromatic N) is 3. The Morgan fingerprint density at radius 3 is 2.90 bits per heavy atom. The molecule has 1 heterocycles. The molecule has 0 aliphatic rings. The van der Waals surface area contributed by atoms with Crippen LogP contribution in [0.2, 0.25) is 10.0 Å². The summed E-state index contributed by atoms with van der Waals surface area (Å²) >= 11 is 13.2. The Hall–Kier alpha value is -1.24. The number of rotatable bonds is 5. The zero-order valence-electron chi connectivity index (χ0n) is 10.5. The Labute approximate surface area is 129 Å². The highest BCUT2D eigenvalue weighted by molar-refractivity contribution is 7.99. The minimum absolute atomic E-state index is 0.0697. The van der Waals surface area contributed by atoms with E-state index in [1.807, 2.05) is 13.0 Å². The van der Waals surface area contributed by atoms with E-state index in [1.54, 1.807) is 23.0 Å². The molecule has 0 saturated carbocycles. The number of halogens is 2. The topological polar surface area (TPSA) is 68.0 Å². The maximum atomic E-state index is 10.6. The van der Waals surface area contributed by atoms with Gasteiger partial charge in [0, 0.05) is 10.0 Å². The van der Waals surface area contributed by atoms with Crippen LogP contribution in [0.15, 0.2) is 29.7 Å². The Morgan fingerprint density at radius 2 is 2.25 bits per heavy atom. The quantitative estimate of drug-likeness (QED) is 0.850. The number of aromatic nitrogens is 3. The van der Waals surface area contributed by atoms with Crippen molar-refractivity contribution < 1.29 is 9.90 Å². The number of hydrogen-bond acceptors (Lipinski definition) is 4. The fourth-order valence-corrected chi connectivity index (χ4v) is 3.00. The molecular formula is C12H11Cl2N3O2S. The van der Waals surface area contributed by atoms with E-state index in [9.17, 15) is 4.79 Å². The molecule has 0 amide bonds. The zero-order chi connectivity index (χ0) is 14.7. The average molecular weight is 332 g/mol. The molecule has 106 valence electrons. The highest BCUT2D eigenvalue weighted by atomic mass is 35.5. The summed E-state index contributed by atoms with van der Waals surface area (Å²) in [5.74, 6) is -0.971. The molecule has 0 spiro atoms. The first kappa shape index (κ1) is 15.2. The number of hydrogen-bond donors (Lipinski definition) is 1. The molecule has 1 unspecified atom stereocenters. The Kier molecular flexibility index (Phi) is 4.91. The second-order valence-corrected chi connectivity index (χ2v) is 5.83. The maximum absolute atomic E-state index is 10.6. The van der Waals surface area contributed by atoms with E-state index in [1.165, 1.54) is 0 Å². The van der Waals surface area contributed by atoms with Crippen molar-refractivity contribution in [1.82, 2.24) is 14.8 Å². The van der Waals surface area contributed by atoms with Crippen LogP contribution in [0.5, 0.6) is 0 Å². The minimum atomic E-state index is -0.901. The molecule has 0 radical (unpaired) electrons. The van der Waals surface area contributed by atoms with Gasteiger partial charge in [0.15, 0.2) is 5.16 Å². The van der Waals surface area contributed by atoms with Gasteiger partial charge in [0.2, 0.25) is 0 Å². The first-order chi connectivity index (χ1) is 9.49. The largest absolute Gasteiger partial charge is 0.481 e. The maximum Gasteiger partial charge on any atom is 0.313 e. The van der Waals surface area contributed by atoms with Crippen molar-refractivity contribution in [3.63, 3.8) is 0 Å². The fourth-order valence-electron chi connectivity index (χ4n) is 1.72. The van der Waals surface area contributed by atoms with E-state index in [4.69, 9.17) is 28.3 Å². The minimum Gasteiger partial charge on any atom is -0.481 e. The molecule has 1 atom stereocenters. The monoisotopic (exact) mass is 331 g/mol. The third-order valence-corrected chi connectivity index (χ3v) is 4.20. The van der Waals surface area contributed by atoms with Gasteiger partial charge in [0.1, 0.15) is 6.33 Å². The predicted octanol–water partition coefficient (Wildman–Crippen LogP) is 3.37. The summed E-state index contributed by atoms with van der Waals surface area (Å²) in [4.78, 5) is 10.6. The number of carboxylic acids is 1. The van der Waals surface area contributed by atoms with Crippen LogP contribution in [0, 0.1) is 0 Å². The van der Waals surface area contributed by atoms with Crippen LogP contribution in [0.3, 0.4) is 0 Å². The third kappa shape index (κ3) is 3.45. The van der Waals surface area contributed by atoms with E-state index in [2.05, 4.69) is 10.2 Å². The highest BCUT2D eigenvalue weighted by Crippen LogP contribution is 2.30. The normalized spacial score (nSPS) is 12.3. The molecule has 1 N–H and O–H groups in total. The molecule has 1 aromatic heterocycles. The SMILES string of the molecule is CC(c1ccc(Cl)cc1Cl)n1cnnc1SCC(=O)O. The second kappa shape index (κ2) is 6.47. The molecule has 0 saturated heterocycles. The molecule has 0 fully saturated rings. The van der Waals surface area contributed by atoms with Crippen LogP contribution < -0.4 is 0 Å². The van der Waals surface area contributed by atoms with E-state index in [0.29, 0.717) is 15.2 Å². The number of aliphatic carboxylic acids is 1. The van der Waals surface area contributed by atoms with Gasteiger partial charge in [-0.2, -0.15) is 0 Å². The third-order valence-electron chi connectivity index (χ3n) is 2.69. The van der Waals surface area contributed by atoms with Crippen molar-refractivity contribution in [3.05, 3.63) is 40.1 Å². The molecule has 0 aliphatic heterocycles. The van der Waals surface area contributed by atoms with Gasteiger partial charge in [0.05, 0.1) is 11.8 Å². The van der Waals surface area contributed by atoms with Crippen LogP contribution in [-0.4, -0.2) is 31.6 Å². The average Bonchev–Trinajstić information content (AvgIpc) is 2.83. The number of carboxylic acid groups (broad SMARTS) is 1. The lowest BCUT2D eigenvalue weighted by molar-refractivity contribution is -0.133. The molecular weight excluding hydrogens is 321 g/mol. The van der Waals surface area contributed by atoms with Crippen molar-refractivity contribution in [2.45, 2.75) is 18.1 Å². The van der Waals surface area contributed by atoms with Gasteiger partial charge in [-0.25, -0.2) is 0 Å². The van der Waals surface area contributed by atoms with Gasteiger partial charge in [-0.15, -0.1) is 10.2 Å². The van der Waals surface area contributed by atoms with E-state index >= 15 is 0 Å². The summed E-state index contributed by atoms with van der Waals surface area (Å²) in [6.07, 6.45) is 1.56. The van der Waals surface area contributed by atoms with Gasteiger partial charge in [-0.3, -0.25) is 4.79 Å². The van der Waals surface area contributed by atoms with Crippen molar-refractivity contribution in [1.29, 1.82) is 0 Å². The van der Waals surface area contributed by atoms with E-state index < -0.39 is 5.97 Å². The van der Waals surface area contributed by atoms with E-state index in [0.717, 1.165) is 17.3 Å². The van der Waals surface area contributed by atoms with Crippen molar-refractivity contribution in [2.24, 2.45) is 0 Å². The first-order valence-corrected chi connectivity index (χ1v) is 7.42. The lowest BCUT2D eigenvalue weighted by Crippen LogP contribution is -2.09. The second-order valence-electron chi connectivity index (χ2n) is 4.05. The molecule has 0 bridgehead atoms. The van der Waals surface area contributed by atoms with Crippen LogP contribution in [0.25, 0.3) is 0 Å². The predicted molar refractivity (Wildman–Crippen MR) is 78.7 cm³/mol. The summed E-state index contributed by atoms with van der Waals surface area (Å²) < 4.78 is 1.78. The molecule has 2 aromatic rings. The highest BCUT2D eigenvalue weighted by Gasteiger charge is 2.17. The fraction of sp³-hybridized carbons (Fsp3) is 0.250. The number of benzene rings is 1. The lowest BCUT2D eigenvalue weighted by atomic mass is 10.1. The number of carbonyl (C=O) groups is 1. The van der Waals surface area contributed by atoms with Gasteiger partial charge >= 0.3 is 5.97 Å². The van der Waals surface area contributed by atoms with Gasteiger partial charge < -0.3 is 9.67 Å². The first-order valence-electron chi connectivity index (χ1n) is 5.68. The summed E-state index contributed by atoms with van der Waals surface area (Å²) in [7, 11) is 0. The Balaban J connectivity index is 2.27. The molecule has 2 rings (SSSR count). The van der Waals surface area contributed by atoms with Crippen LogP contribution in [-0.2, 0) is 4.79 Å². The summed E-state index contributed by atoms with van der Waals surface area (Å²) in [6, 6.07) is 5.14. The molecule has 20 heavy (non-hydrogen) atoms. The molecule has 5 nitrogen and oxygen atoms in total. The van der Waals surface area contributed by atoms with E-state index in [-0.39, 0.29) is 11.8 Å².